The second kappa shape index (κ2) is 10.4. The Balaban J connectivity index is 1.70. The smallest absolute Gasteiger partial charge is 0.141 e. The first-order valence-corrected chi connectivity index (χ1v) is 10.4. The summed E-state index contributed by atoms with van der Waals surface area (Å²) in [7, 11) is 0. The van der Waals surface area contributed by atoms with Crippen molar-refractivity contribution in [2.45, 2.75) is 45.4 Å². The third kappa shape index (κ3) is 5.53. The van der Waals surface area contributed by atoms with Crippen LogP contribution in [0, 0.1) is 40.4 Å². The molecule has 0 spiro atoms. The fraction of sp³-hybridized carbons (Fsp3) is 0.269. The molecule has 1 nitrogen and oxygen atoms in total. The Hall–Kier alpha value is -3.20. The van der Waals surface area contributed by atoms with Gasteiger partial charge in [0.1, 0.15) is 35.2 Å². The first-order valence-electron chi connectivity index (χ1n) is 10.4. The largest absolute Gasteiger partial charge is 0.207 e. The fourth-order valence-corrected chi connectivity index (χ4v) is 3.71. The van der Waals surface area contributed by atoms with E-state index in [-0.39, 0.29) is 42.4 Å². The molecule has 3 aromatic rings. The zero-order valence-corrected chi connectivity index (χ0v) is 17.6. The van der Waals surface area contributed by atoms with Crippen molar-refractivity contribution in [3.05, 3.63) is 105 Å². The Bertz CT molecular complexity index is 1120. The van der Waals surface area contributed by atoms with Crippen molar-refractivity contribution in [2.75, 3.05) is 0 Å². The van der Waals surface area contributed by atoms with Crippen LogP contribution in [0.15, 0.2) is 42.5 Å². The van der Waals surface area contributed by atoms with Gasteiger partial charge in [0, 0.05) is 11.1 Å². The van der Waals surface area contributed by atoms with E-state index in [4.69, 9.17) is 5.26 Å². The topological polar surface area (TPSA) is 23.8 Å². The highest BCUT2D eigenvalue weighted by molar-refractivity contribution is 5.35. The van der Waals surface area contributed by atoms with Gasteiger partial charge in [-0.1, -0.05) is 19.4 Å². The minimum atomic E-state index is -0.756. The summed E-state index contributed by atoms with van der Waals surface area (Å²) < 4.78 is 71.3. The zero-order chi connectivity index (χ0) is 23.3. The van der Waals surface area contributed by atoms with E-state index >= 15 is 0 Å². The Morgan fingerprint density at radius 3 is 1.47 bits per heavy atom. The van der Waals surface area contributed by atoms with E-state index in [1.54, 1.807) is 12.1 Å². The number of nitriles is 1. The lowest BCUT2D eigenvalue weighted by atomic mass is 9.97. The molecule has 0 aliphatic carbocycles. The molecule has 0 saturated heterocycles. The van der Waals surface area contributed by atoms with Crippen LogP contribution in [0.5, 0.6) is 0 Å². The monoisotopic (exact) mass is 443 g/mol. The van der Waals surface area contributed by atoms with Gasteiger partial charge in [-0.15, -0.1) is 0 Å². The number of aryl methyl sites for hydroxylation is 3. The van der Waals surface area contributed by atoms with Crippen molar-refractivity contribution in [1.82, 2.24) is 0 Å². The van der Waals surface area contributed by atoms with Crippen molar-refractivity contribution < 1.29 is 22.0 Å². The molecule has 0 atom stereocenters. The summed E-state index contributed by atoms with van der Waals surface area (Å²) in [6.45, 7) is 1.92. The first kappa shape index (κ1) is 23.5. The van der Waals surface area contributed by atoms with Crippen molar-refractivity contribution in [1.29, 1.82) is 5.26 Å². The number of benzene rings is 3. The third-order valence-electron chi connectivity index (χ3n) is 5.42. The quantitative estimate of drug-likeness (QED) is 0.352. The molecule has 3 rings (SSSR count). The lowest BCUT2D eigenvalue weighted by molar-refractivity contribution is 0.544. The second-order valence-electron chi connectivity index (χ2n) is 7.75. The summed E-state index contributed by atoms with van der Waals surface area (Å²) in [6.07, 6.45) is 1.59. The summed E-state index contributed by atoms with van der Waals surface area (Å²) in [5.41, 5.74) is 1.06. The van der Waals surface area contributed by atoms with Gasteiger partial charge < -0.3 is 0 Å². The van der Waals surface area contributed by atoms with Crippen LogP contribution in [0.2, 0.25) is 0 Å². The molecule has 0 bridgehead atoms. The van der Waals surface area contributed by atoms with Crippen molar-refractivity contribution in [2.24, 2.45) is 0 Å². The predicted octanol–water partition coefficient (Wildman–Crippen LogP) is 6.78. The van der Waals surface area contributed by atoms with Gasteiger partial charge in [0.2, 0.25) is 0 Å². The van der Waals surface area contributed by atoms with Crippen LogP contribution < -0.4 is 0 Å². The first-order chi connectivity index (χ1) is 15.3. The Morgan fingerprint density at radius 2 is 1.03 bits per heavy atom. The second-order valence-corrected chi connectivity index (χ2v) is 7.75. The van der Waals surface area contributed by atoms with Crippen LogP contribution in [0.3, 0.4) is 0 Å². The van der Waals surface area contributed by atoms with Crippen LogP contribution in [0.25, 0.3) is 0 Å². The van der Waals surface area contributed by atoms with Gasteiger partial charge in [0.25, 0.3) is 0 Å². The van der Waals surface area contributed by atoms with E-state index in [0.29, 0.717) is 23.1 Å². The van der Waals surface area contributed by atoms with Crippen molar-refractivity contribution >= 4 is 0 Å². The zero-order valence-electron chi connectivity index (χ0n) is 17.6. The molecule has 0 radical (unpaired) electrons. The Morgan fingerprint density at radius 1 is 0.594 bits per heavy atom. The predicted molar refractivity (Wildman–Crippen MR) is 113 cm³/mol. The molecule has 0 aromatic heterocycles. The fourth-order valence-electron chi connectivity index (χ4n) is 3.71. The van der Waals surface area contributed by atoms with Crippen molar-refractivity contribution in [3.8, 4) is 6.07 Å². The molecule has 0 N–H and O–H groups in total. The van der Waals surface area contributed by atoms with Gasteiger partial charge in [-0.3, -0.25) is 0 Å². The van der Waals surface area contributed by atoms with Gasteiger partial charge >= 0.3 is 0 Å². The molecule has 0 amide bonds. The summed E-state index contributed by atoms with van der Waals surface area (Å²) >= 11 is 0. The van der Waals surface area contributed by atoms with Crippen LogP contribution in [-0.2, 0) is 32.1 Å². The standard InChI is InChI=1S/C26H22F5N/c1-2-3-17-11-23(28)21(24(29)12-17)9-6-18-13-25(30)20(26(31)14-18)8-5-16-4-7-19(15-32)22(27)10-16/h4,7,10-14H,2-3,5-6,8-9H2,1H3. The van der Waals surface area contributed by atoms with Crippen LogP contribution in [0.1, 0.15) is 46.7 Å². The van der Waals surface area contributed by atoms with Crippen molar-refractivity contribution in [3.63, 3.8) is 0 Å². The molecule has 0 aliphatic rings. The number of hydrogen-bond acceptors (Lipinski definition) is 1. The highest BCUT2D eigenvalue weighted by Gasteiger charge is 2.15. The summed E-state index contributed by atoms with van der Waals surface area (Å²) in [5.74, 6) is -3.49. The number of rotatable bonds is 8. The maximum Gasteiger partial charge on any atom is 0.141 e. The lowest BCUT2D eigenvalue weighted by Gasteiger charge is -2.11. The van der Waals surface area contributed by atoms with Gasteiger partial charge in [0.05, 0.1) is 5.56 Å². The number of halogens is 5. The Labute approximate surface area is 184 Å². The van der Waals surface area contributed by atoms with E-state index < -0.39 is 29.1 Å². The minimum Gasteiger partial charge on any atom is -0.207 e. The number of hydrogen-bond donors (Lipinski definition) is 0. The highest BCUT2D eigenvalue weighted by Crippen LogP contribution is 2.22. The molecule has 166 valence electrons. The molecule has 3 aromatic carbocycles. The third-order valence-corrected chi connectivity index (χ3v) is 5.42. The average molecular weight is 443 g/mol. The maximum atomic E-state index is 14.5. The molecular formula is C26H22F5N. The molecule has 0 aliphatic heterocycles. The maximum absolute atomic E-state index is 14.5. The van der Waals surface area contributed by atoms with Gasteiger partial charge in [-0.2, -0.15) is 5.26 Å². The summed E-state index contributed by atoms with van der Waals surface area (Å²) in [5, 5.41) is 8.77. The van der Waals surface area contributed by atoms with E-state index in [2.05, 4.69) is 0 Å². The van der Waals surface area contributed by atoms with Crippen LogP contribution in [0.4, 0.5) is 22.0 Å². The molecule has 0 unspecified atom stereocenters. The van der Waals surface area contributed by atoms with Crippen LogP contribution >= 0.6 is 0 Å². The molecule has 0 fully saturated rings. The average Bonchev–Trinajstić information content (AvgIpc) is 2.73. The van der Waals surface area contributed by atoms with Gasteiger partial charge in [-0.25, -0.2) is 22.0 Å². The van der Waals surface area contributed by atoms with E-state index in [0.717, 1.165) is 6.42 Å². The van der Waals surface area contributed by atoms with Crippen LogP contribution in [-0.4, -0.2) is 0 Å². The minimum absolute atomic E-state index is 0.00539. The lowest BCUT2D eigenvalue weighted by Crippen LogP contribution is -2.04. The molecule has 0 heterocycles. The SMILES string of the molecule is CCCc1cc(F)c(CCc2cc(F)c(CCc3ccc(C#N)c(F)c3)c(F)c2)c(F)c1. The van der Waals surface area contributed by atoms with E-state index in [1.807, 2.05) is 6.92 Å². The molecule has 6 heteroatoms. The highest BCUT2D eigenvalue weighted by atomic mass is 19.1. The Kier molecular flexibility index (Phi) is 7.63. The normalized spacial score (nSPS) is 10.9. The molecule has 0 saturated carbocycles. The molecule has 32 heavy (non-hydrogen) atoms. The molecular weight excluding hydrogens is 421 g/mol. The van der Waals surface area contributed by atoms with Gasteiger partial charge in [-0.05, 0) is 85.2 Å². The summed E-state index contributed by atoms with van der Waals surface area (Å²) in [6, 6.07) is 10.7. The van der Waals surface area contributed by atoms with E-state index in [9.17, 15) is 22.0 Å². The van der Waals surface area contributed by atoms with Gasteiger partial charge in [0.15, 0.2) is 0 Å². The number of nitrogens with zero attached hydrogens (tertiary/aromatic N) is 1. The summed E-state index contributed by atoms with van der Waals surface area (Å²) in [4.78, 5) is 0. The van der Waals surface area contributed by atoms with E-state index in [1.165, 1.54) is 36.4 Å².